The largest absolute Gasteiger partial charge is 0.396 e. The minimum Gasteiger partial charge on any atom is -0.396 e. The summed E-state index contributed by atoms with van der Waals surface area (Å²) in [7, 11) is 0. The zero-order chi connectivity index (χ0) is 12.0. The van der Waals surface area contributed by atoms with E-state index < -0.39 is 6.04 Å². The van der Waals surface area contributed by atoms with Crippen molar-refractivity contribution in [1.82, 2.24) is 10.1 Å². The Balaban J connectivity index is 2.68. The second kappa shape index (κ2) is 6.41. The van der Waals surface area contributed by atoms with Gasteiger partial charge in [-0.25, -0.2) is 0 Å². The van der Waals surface area contributed by atoms with Crippen molar-refractivity contribution < 1.29 is 14.7 Å². The van der Waals surface area contributed by atoms with Gasteiger partial charge in [0, 0.05) is 19.7 Å². The van der Waals surface area contributed by atoms with Crippen molar-refractivity contribution in [3.63, 3.8) is 0 Å². The number of nitrogens with zero attached hydrogens (tertiary/aromatic N) is 3. The lowest BCUT2D eigenvalue weighted by molar-refractivity contribution is 0.259. The summed E-state index contributed by atoms with van der Waals surface area (Å²) in [5.41, 5.74) is 5.71. The quantitative estimate of drug-likeness (QED) is 0.566. The van der Waals surface area contributed by atoms with E-state index in [1.165, 1.54) is 0 Å². The van der Waals surface area contributed by atoms with Crippen LogP contribution in [0.2, 0.25) is 0 Å². The summed E-state index contributed by atoms with van der Waals surface area (Å²) >= 11 is 0. The molecule has 4 N–H and O–H groups in total. The number of hydrogen-bond donors (Lipinski definition) is 3. The minimum atomic E-state index is -0.445. The molecule has 0 aliphatic rings. The molecule has 92 valence electrons. The van der Waals surface area contributed by atoms with Gasteiger partial charge < -0.3 is 25.4 Å². The fraction of sp³-hybridized carbons (Fsp3) is 0.778. The van der Waals surface area contributed by atoms with E-state index in [9.17, 15) is 0 Å². The summed E-state index contributed by atoms with van der Waals surface area (Å²) in [4.78, 5) is 5.90. The number of aliphatic hydroxyl groups excluding tert-OH is 2. The van der Waals surface area contributed by atoms with E-state index in [0.717, 1.165) is 0 Å². The van der Waals surface area contributed by atoms with Crippen LogP contribution in [-0.2, 0) is 0 Å². The molecular formula is C9H18N4O3. The van der Waals surface area contributed by atoms with Gasteiger partial charge >= 0.3 is 0 Å². The molecule has 0 saturated carbocycles. The highest BCUT2D eigenvalue weighted by molar-refractivity contribution is 5.27. The Morgan fingerprint density at radius 3 is 2.75 bits per heavy atom. The van der Waals surface area contributed by atoms with Crippen LogP contribution in [0, 0.1) is 0 Å². The standard InChI is InChI=1S/C9H18N4O3/c1-2-13(4-6-15)9-11-8(16-12-9)7(10)3-5-14/h7,14-15H,2-6,10H2,1H3. The predicted octanol–water partition coefficient (Wildman–Crippen LogP) is -0.730. The summed E-state index contributed by atoms with van der Waals surface area (Å²) in [6.45, 7) is 3.06. The van der Waals surface area contributed by atoms with Crippen LogP contribution in [0.3, 0.4) is 0 Å². The highest BCUT2D eigenvalue weighted by Gasteiger charge is 2.17. The first kappa shape index (κ1) is 12.9. The Labute approximate surface area is 93.9 Å². The molecule has 1 aromatic heterocycles. The molecule has 1 rings (SSSR count). The second-order valence-corrected chi connectivity index (χ2v) is 3.35. The van der Waals surface area contributed by atoms with Gasteiger partial charge in [0.15, 0.2) is 0 Å². The van der Waals surface area contributed by atoms with Gasteiger partial charge in [-0.3, -0.25) is 0 Å². The van der Waals surface area contributed by atoms with Gasteiger partial charge in [-0.1, -0.05) is 0 Å². The molecule has 0 bridgehead atoms. The lowest BCUT2D eigenvalue weighted by atomic mass is 10.2. The lowest BCUT2D eigenvalue weighted by Crippen LogP contribution is -2.27. The van der Waals surface area contributed by atoms with Crippen LogP contribution in [0.25, 0.3) is 0 Å². The highest BCUT2D eigenvalue weighted by Crippen LogP contribution is 2.15. The number of hydrogen-bond acceptors (Lipinski definition) is 7. The van der Waals surface area contributed by atoms with Gasteiger partial charge in [0.1, 0.15) is 0 Å². The maximum absolute atomic E-state index is 8.84. The topological polar surface area (TPSA) is 109 Å². The Kier molecular flexibility index (Phi) is 5.17. The van der Waals surface area contributed by atoms with Crippen molar-refractivity contribution in [3.8, 4) is 0 Å². The summed E-state index contributed by atoms with van der Waals surface area (Å²) < 4.78 is 4.99. The number of likely N-dealkylation sites (N-methyl/N-ethyl adjacent to an activating group) is 1. The Bertz CT molecular complexity index is 305. The lowest BCUT2D eigenvalue weighted by Gasteiger charge is -2.15. The molecule has 1 atom stereocenters. The van der Waals surface area contributed by atoms with E-state index in [1.54, 1.807) is 4.90 Å². The molecule has 0 spiro atoms. The summed E-state index contributed by atoms with van der Waals surface area (Å²) in [6.07, 6.45) is 0.383. The predicted molar refractivity (Wildman–Crippen MR) is 57.9 cm³/mol. The fourth-order valence-corrected chi connectivity index (χ4v) is 1.29. The summed E-state index contributed by atoms with van der Waals surface area (Å²) in [6, 6.07) is -0.445. The SMILES string of the molecule is CCN(CCO)c1noc(C(N)CCO)n1. The van der Waals surface area contributed by atoms with Gasteiger partial charge in [-0.2, -0.15) is 4.98 Å². The molecule has 0 aliphatic heterocycles. The van der Waals surface area contributed by atoms with E-state index in [-0.39, 0.29) is 13.2 Å². The van der Waals surface area contributed by atoms with E-state index in [4.69, 9.17) is 20.5 Å². The van der Waals surface area contributed by atoms with Crippen molar-refractivity contribution >= 4 is 5.95 Å². The zero-order valence-corrected chi connectivity index (χ0v) is 9.33. The molecule has 16 heavy (non-hydrogen) atoms. The van der Waals surface area contributed by atoms with Crippen LogP contribution in [-0.4, -0.2) is 46.7 Å². The van der Waals surface area contributed by atoms with Crippen molar-refractivity contribution in [3.05, 3.63) is 5.89 Å². The molecule has 0 fully saturated rings. The number of nitrogens with two attached hydrogens (primary N) is 1. The van der Waals surface area contributed by atoms with Gasteiger partial charge in [-0.15, -0.1) is 0 Å². The molecule has 1 unspecified atom stereocenters. The summed E-state index contributed by atoms with van der Waals surface area (Å²) in [5, 5.41) is 21.4. The van der Waals surface area contributed by atoms with Crippen LogP contribution in [0.4, 0.5) is 5.95 Å². The van der Waals surface area contributed by atoms with E-state index in [2.05, 4.69) is 10.1 Å². The molecule has 0 radical (unpaired) electrons. The molecule has 1 aromatic rings. The fourth-order valence-electron chi connectivity index (χ4n) is 1.29. The maximum Gasteiger partial charge on any atom is 0.266 e. The van der Waals surface area contributed by atoms with Crippen LogP contribution < -0.4 is 10.6 Å². The zero-order valence-electron chi connectivity index (χ0n) is 9.33. The van der Waals surface area contributed by atoms with Crippen molar-refractivity contribution in [2.24, 2.45) is 5.73 Å². The monoisotopic (exact) mass is 230 g/mol. The minimum absolute atomic E-state index is 0.0208. The molecule has 0 saturated heterocycles. The normalized spacial score (nSPS) is 12.8. The van der Waals surface area contributed by atoms with E-state index in [0.29, 0.717) is 31.3 Å². The number of rotatable bonds is 7. The summed E-state index contributed by atoms with van der Waals surface area (Å²) in [5.74, 6) is 0.723. The number of aliphatic hydroxyl groups is 2. The molecule has 7 heteroatoms. The van der Waals surface area contributed by atoms with E-state index >= 15 is 0 Å². The van der Waals surface area contributed by atoms with Crippen LogP contribution in [0.15, 0.2) is 4.52 Å². The molecule has 0 amide bonds. The number of aromatic nitrogens is 2. The van der Waals surface area contributed by atoms with Crippen LogP contribution >= 0.6 is 0 Å². The smallest absolute Gasteiger partial charge is 0.266 e. The van der Waals surface area contributed by atoms with Gasteiger partial charge in [0.2, 0.25) is 5.89 Å². The highest BCUT2D eigenvalue weighted by atomic mass is 16.5. The van der Waals surface area contributed by atoms with Crippen LogP contribution in [0.1, 0.15) is 25.3 Å². The third-order valence-electron chi connectivity index (χ3n) is 2.22. The Hall–Kier alpha value is -1.18. The van der Waals surface area contributed by atoms with E-state index in [1.807, 2.05) is 6.92 Å². The average molecular weight is 230 g/mol. The average Bonchev–Trinajstić information content (AvgIpc) is 2.75. The van der Waals surface area contributed by atoms with Crippen molar-refractivity contribution in [2.45, 2.75) is 19.4 Å². The molecule has 0 aromatic carbocycles. The van der Waals surface area contributed by atoms with Gasteiger partial charge in [0.25, 0.3) is 5.95 Å². The molecule has 0 aliphatic carbocycles. The van der Waals surface area contributed by atoms with Crippen LogP contribution in [0.5, 0.6) is 0 Å². The molecule has 1 heterocycles. The first-order chi connectivity index (χ1) is 7.72. The second-order valence-electron chi connectivity index (χ2n) is 3.35. The third kappa shape index (κ3) is 3.16. The Morgan fingerprint density at radius 1 is 1.44 bits per heavy atom. The Morgan fingerprint density at radius 2 is 2.19 bits per heavy atom. The van der Waals surface area contributed by atoms with Gasteiger partial charge in [-0.05, 0) is 18.5 Å². The van der Waals surface area contributed by atoms with Gasteiger partial charge in [0.05, 0.1) is 12.6 Å². The first-order valence-corrected chi connectivity index (χ1v) is 5.28. The molecular weight excluding hydrogens is 212 g/mol. The number of anilines is 1. The maximum atomic E-state index is 8.84. The first-order valence-electron chi connectivity index (χ1n) is 5.28. The molecule has 7 nitrogen and oxygen atoms in total. The van der Waals surface area contributed by atoms with Crippen molar-refractivity contribution in [1.29, 1.82) is 0 Å². The van der Waals surface area contributed by atoms with Crippen molar-refractivity contribution in [2.75, 3.05) is 31.2 Å². The third-order valence-corrected chi connectivity index (χ3v) is 2.22.